The van der Waals surface area contributed by atoms with E-state index in [4.69, 9.17) is 0 Å². The first-order chi connectivity index (χ1) is 11.9. The second-order valence-corrected chi connectivity index (χ2v) is 6.26. The maximum Gasteiger partial charge on any atom is 0.251 e. The summed E-state index contributed by atoms with van der Waals surface area (Å²) >= 11 is 3.30. The van der Waals surface area contributed by atoms with Crippen molar-refractivity contribution in [1.82, 2.24) is 10.6 Å². The summed E-state index contributed by atoms with van der Waals surface area (Å²) in [5, 5.41) is 7.97. The molecule has 0 bridgehead atoms. The summed E-state index contributed by atoms with van der Waals surface area (Å²) in [7, 11) is 0. The molecule has 2 rings (SSSR count). The number of halogens is 1. The van der Waals surface area contributed by atoms with Gasteiger partial charge >= 0.3 is 0 Å². The van der Waals surface area contributed by atoms with Gasteiger partial charge in [-0.3, -0.25) is 14.4 Å². The van der Waals surface area contributed by atoms with Crippen molar-refractivity contribution < 1.29 is 14.4 Å². The van der Waals surface area contributed by atoms with Crippen LogP contribution in [0.25, 0.3) is 0 Å². The van der Waals surface area contributed by atoms with Crippen LogP contribution < -0.4 is 16.0 Å². The Morgan fingerprint density at radius 3 is 2.36 bits per heavy atom. The molecule has 0 fully saturated rings. The Kier molecular flexibility index (Phi) is 6.71. The van der Waals surface area contributed by atoms with Crippen molar-refractivity contribution in [1.29, 1.82) is 0 Å². The summed E-state index contributed by atoms with van der Waals surface area (Å²) in [5.74, 6) is -0.729. The number of hydrogen-bond acceptors (Lipinski definition) is 3. The van der Waals surface area contributed by atoms with E-state index in [1.807, 2.05) is 18.2 Å². The largest absolute Gasteiger partial charge is 0.350 e. The van der Waals surface area contributed by atoms with Crippen LogP contribution in [0.15, 0.2) is 53.0 Å². The summed E-state index contributed by atoms with van der Waals surface area (Å²) in [5.41, 5.74) is 2.07. The van der Waals surface area contributed by atoms with Gasteiger partial charge in [0, 0.05) is 29.2 Å². The molecule has 0 aliphatic carbocycles. The predicted molar refractivity (Wildman–Crippen MR) is 99.1 cm³/mol. The zero-order chi connectivity index (χ0) is 18.2. The molecular formula is C18H18BrN3O3. The lowest BCUT2D eigenvalue weighted by Crippen LogP contribution is -2.36. The molecule has 2 aromatic carbocycles. The lowest BCUT2D eigenvalue weighted by Gasteiger charge is -2.08. The smallest absolute Gasteiger partial charge is 0.251 e. The number of rotatable bonds is 6. The van der Waals surface area contributed by atoms with Gasteiger partial charge in [-0.2, -0.15) is 0 Å². The fraction of sp³-hybridized carbons (Fsp3) is 0.167. The van der Waals surface area contributed by atoms with E-state index in [1.165, 1.54) is 6.92 Å². The molecule has 0 atom stereocenters. The molecule has 0 aliphatic rings. The zero-order valence-electron chi connectivity index (χ0n) is 13.6. The van der Waals surface area contributed by atoms with Crippen molar-refractivity contribution in [2.75, 3.05) is 11.9 Å². The first-order valence-electron chi connectivity index (χ1n) is 7.61. The Morgan fingerprint density at radius 2 is 1.72 bits per heavy atom. The van der Waals surface area contributed by atoms with E-state index in [9.17, 15) is 14.4 Å². The van der Waals surface area contributed by atoms with E-state index in [1.54, 1.807) is 30.3 Å². The number of carbonyl (C=O) groups is 3. The fourth-order valence-corrected chi connectivity index (χ4v) is 2.46. The van der Waals surface area contributed by atoms with Gasteiger partial charge in [0.1, 0.15) is 0 Å². The molecular weight excluding hydrogens is 386 g/mol. The molecule has 3 amide bonds. The molecule has 6 nitrogen and oxygen atoms in total. The third kappa shape index (κ3) is 6.39. The summed E-state index contributed by atoms with van der Waals surface area (Å²) in [6, 6.07) is 14.1. The molecule has 0 saturated carbocycles. The highest BCUT2D eigenvalue weighted by molar-refractivity contribution is 9.10. The van der Waals surface area contributed by atoms with E-state index >= 15 is 0 Å². The predicted octanol–water partition coefficient (Wildman–Crippen LogP) is 2.45. The number of anilines is 1. The van der Waals surface area contributed by atoms with Crippen LogP contribution in [-0.2, 0) is 16.1 Å². The Bertz CT molecular complexity index is 775. The highest BCUT2D eigenvalue weighted by Gasteiger charge is 2.08. The molecule has 25 heavy (non-hydrogen) atoms. The summed E-state index contributed by atoms with van der Waals surface area (Å²) < 4.78 is 0.798. The fourth-order valence-electron chi connectivity index (χ4n) is 2.06. The first kappa shape index (κ1) is 18.7. The highest BCUT2D eigenvalue weighted by atomic mass is 79.9. The van der Waals surface area contributed by atoms with Crippen molar-refractivity contribution in [3.05, 3.63) is 64.1 Å². The van der Waals surface area contributed by atoms with Gasteiger partial charge in [-0.05, 0) is 35.9 Å². The maximum absolute atomic E-state index is 12.0. The van der Waals surface area contributed by atoms with Gasteiger partial charge in [0.05, 0.1) is 6.54 Å². The van der Waals surface area contributed by atoms with Crippen LogP contribution >= 0.6 is 15.9 Å². The molecule has 0 aromatic heterocycles. The minimum absolute atomic E-state index is 0.102. The SMILES string of the molecule is CC(=O)Nc1ccc(CNC(=O)CNC(=O)c2cccc(Br)c2)cc1. The molecule has 0 unspecified atom stereocenters. The lowest BCUT2D eigenvalue weighted by atomic mass is 10.2. The van der Waals surface area contributed by atoms with E-state index in [0.29, 0.717) is 17.8 Å². The average molecular weight is 404 g/mol. The number of carbonyl (C=O) groups excluding carboxylic acids is 3. The van der Waals surface area contributed by atoms with Gasteiger partial charge in [0.15, 0.2) is 0 Å². The van der Waals surface area contributed by atoms with E-state index in [0.717, 1.165) is 10.0 Å². The van der Waals surface area contributed by atoms with Crippen LogP contribution in [-0.4, -0.2) is 24.3 Å². The maximum atomic E-state index is 12.0. The molecule has 0 heterocycles. The van der Waals surface area contributed by atoms with Gasteiger partial charge in [-0.1, -0.05) is 34.1 Å². The number of amides is 3. The van der Waals surface area contributed by atoms with Crippen molar-refractivity contribution in [3.63, 3.8) is 0 Å². The zero-order valence-corrected chi connectivity index (χ0v) is 15.2. The van der Waals surface area contributed by atoms with E-state index in [2.05, 4.69) is 31.9 Å². The molecule has 0 aliphatic heterocycles. The quantitative estimate of drug-likeness (QED) is 0.691. The van der Waals surface area contributed by atoms with Crippen molar-refractivity contribution in [2.45, 2.75) is 13.5 Å². The van der Waals surface area contributed by atoms with Crippen LogP contribution in [0.1, 0.15) is 22.8 Å². The molecule has 130 valence electrons. The normalized spacial score (nSPS) is 10.0. The second-order valence-electron chi connectivity index (χ2n) is 5.35. The van der Waals surface area contributed by atoms with Gasteiger partial charge in [0.25, 0.3) is 5.91 Å². The second kappa shape index (κ2) is 8.98. The Balaban J connectivity index is 1.77. The summed E-state index contributed by atoms with van der Waals surface area (Å²) in [6.07, 6.45) is 0. The van der Waals surface area contributed by atoms with Crippen LogP contribution in [0, 0.1) is 0 Å². The van der Waals surface area contributed by atoms with Gasteiger partial charge in [-0.15, -0.1) is 0 Å². The lowest BCUT2D eigenvalue weighted by molar-refractivity contribution is -0.120. The van der Waals surface area contributed by atoms with Crippen LogP contribution in [0.3, 0.4) is 0 Å². The minimum Gasteiger partial charge on any atom is -0.350 e. The first-order valence-corrected chi connectivity index (χ1v) is 8.40. The Labute approximate surface area is 154 Å². The third-order valence-electron chi connectivity index (χ3n) is 3.26. The highest BCUT2D eigenvalue weighted by Crippen LogP contribution is 2.11. The molecule has 7 heteroatoms. The number of nitrogens with one attached hydrogen (secondary N) is 3. The minimum atomic E-state index is -0.309. The van der Waals surface area contributed by atoms with Gasteiger partial charge in [-0.25, -0.2) is 0 Å². The summed E-state index contributed by atoms with van der Waals surface area (Å²) in [4.78, 5) is 34.8. The summed E-state index contributed by atoms with van der Waals surface area (Å²) in [6.45, 7) is 1.68. The van der Waals surface area contributed by atoms with Crippen molar-refractivity contribution >= 4 is 39.3 Å². The molecule has 0 spiro atoms. The standard InChI is InChI=1S/C18H18BrN3O3/c1-12(23)22-16-7-5-13(6-8-16)10-20-17(24)11-21-18(25)14-3-2-4-15(19)9-14/h2-9H,10-11H2,1H3,(H,20,24)(H,21,25)(H,22,23). The van der Waals surface area contributed by atoms with Crippen LogP contribution in [0.4, 0.5) is 5.69 Å². The van der Waals surface area contributed by atoms with Gasteiger partial charge in [0.2, 0.25) is 11.8 Å². The molecule has 0 saturated heterocycles. The molecule has 0 radical (unpaired) electrons. The van der Waals surface area contributed by atoms with Crippen molar-refractivity contribution in [2.24, 2.45) is 0 Å². The monoisotopic (exact) mass is 403 g/mol. The molecule has 3 N–H and O–H groups in total. The van der Waals surface area contributed by atoms with Crippen LogP contribution in [0.5, 0.6) is 0 Å². The van der Waals surface area contributed by atoms with Gasteiger partial charge < -0.3 is 16.0 Å². The average Bonchev–Trinajstić information content (AvgIpc) is 2.58. The van der Waals surface area contributed by atoms with Crippen LogP contribution in [0.2, 0.25) is 0 Å². The Hall–Kier alpha value is -2.67. The third-order valence-corrected chi connectivity index (χ3v) is 3.75. The number of hydrogen-bond donors (Lipinski definition) is 3. The van der Waals surface area contributed by atoms with Crippen molar-refractivity contribution in [3.8, 4) is 0 Å². The number of benzene rings is 2. The Morgan fingerprint density at radius 1 is 1.00 bits per heavy atom. The van der Waals surface area contributed by atoms with E-state index < -0.39 is 0 Å². The topological polar surface area (TPSA) is 87.3 Å². The molecule has 2 aromatic rings. The van der Waals surface area contributed by atoms with E-state index in [-0.39, 0.29) is 24.3 Å².